The SMILES string of the molecule is CCC1=CN=C(N2CCC(c3cnc(Cn4ccc5cc(-n6cnnn6)cc(F)c54)cn3)CC2)N(C(C)(C)C)C1. The molecule has 1 aromatic carbocycles. The van der Waals surface area contributed by atoms with E-state index >= 15 is 4.39 Å². The topological polar surface area (TPSA) is 93.1 Å². The zero-order valence-electron chi connectivity index (χ0n) is 23.5. The number of likely N-dealkylation sites (tertiary alicyclic amines) is 1. The van der Waals surface area contributed by atoms with E-state index in [1.807, 2.05) is 35.3 Å². The second kappa shape index (κ2) is 10.4. The van der Waals surface area contributed by atoms with E-state index in [0.717, 1.165) is 61.6 Å². The monoisotopic (exact) mass is 542 g/mol. The molecule has 0 saturated carbocycles. The van der Waals surface area contributed by atoms with Crippen molar-refractivity contribution in [3.63, 3.8) is 0 Å². The van der Waals surface area contributed by atoms with Gasteiger partial charge in [-0.2, -0.15) is 0 Å². The van der Waals surface area contributed by atoms with Crippen molar-refractivity contribution in [1.82, 2.24) is 44.5 Å². The molecule has 5 heterocycles. The molecule has 1 saturated heterocycles. The van der Waals surface area contributed by atoms with Crippen molar-refractivity contribution in [2.24, 2.45) is 4.99 Å². The number of fused-ring (bicyclic) bond motifs is 1. The Labute approximate surface area is 233 Å². The van der Waals surface area contributed by atoms with Gasteiger partial charge in [-0.25, -0.2) is 14.1 Å². The van der Waals surface area contributed by atoms with Crippen LogP contribution >= 0.6 is 0 Å². The highest BCUT2D eigenvalue weighted by Crippen LogP contribution is 2.30. The van der Waals surface area contributed by atoms with Crippen LogP contribution in [0.15, 0.2) is 59.9 Å². The van der Waals surface area contributed by atoms with Crippen molar-refractivity contribution < 1.29 is 4.39 Å². The van der Waals surface area contributed by atoms with E-state index in [0.29, 0.717) is 23.7 Å². The van der Waals surface area contributed by atoms with E-state index in [1.165, 1.54) is 22.6 Å². The third kappa shape index (κ3) is 5.07. The quantitative estimate of drug-likeness (QED) is 0.366. The summed E-state index contributed by atoms with van der Waals surface area (Å²) < 4.78 is 18.4. The average Bonchev–Trinajstić information content (AvgIpc) is 3.64. The predicted octanol–water partition coefficient (Wildman–Crippen LogP) is 4.54. The number of hydrogen-bond donors (Lipinski definition) is 0. The fourth-order valence-corrected chi connectivity index (χ4v) is 5.56. The molecule has 0 spiro atoms. The standard InChI is InChI=1S/C29H35FN10/c1-5-20-14-33-28(39(17-20)29(2,3)4)37-9-6-21(7-10-37)26-16-31-23(15-32-26)18-38-11-8-22-12-24(13-25(30)27(22)38)40-19-34-35-36-40/h8,11-16,19,21H,5-7,9-10,17-18H2,1-4H3. The Morgan fingerprint density at radius 3 is 2.58 bits per heavy atom. The van der Waals surface area contributed by atoms with Gasteiger partial charge in [0, 0.05) is 61.1 Å². The Morgan fingerprint density at radius 1 is 1.07 bits per heavy atom. The highest BCUT2D eigenvalue weighted by atomic mass is 19.1. The summed E-state index contributed by atoms with van der Waals surface area (Å²) >= 11 is 0. The molecule has 208 valence electrons. The lowest BCUT2D eigenvalue weighted by molar-refractivity contribution is 0.194. The van der Waals surface area contributed by atoms with Gasteiger partial charge >= 0.3 is 0 Å². The van der Waals surface area contributed by atoms with Crippen LogP contribution in [-0.2, 0) is 6.54 Å². The smallest absolute Gasteiger partial charge is 0.201 e. The van der Waals surface area contributed by atoms with Gasteiger partial charge in [-0.15, -0.1) is 5.10 Å². The van der Waals surface area contributed by atoms with Gasteiger partial charge in [0.15, 0.2) is 0 Å². The number of piperidine rings is 1. The molecule has 0 aliphatic carbocycles. The fraction of sp³-hybridized carbons (Fsp3) is 0.448. The first-order valence-corrected chi connectivity index (χ1v) is 13.9. The Hall–Kier alpha value is -4.15. The lowest BCUT2D eigenvalue weighted by Gasteiger charge is -2.45. The summed E-state index contributed by atoms with van der Waals surface area (Å²) in [6.07, 6.45) is 12.1. The maximum absolute atomic E-state index is 15.1. The molecule has 40 heavy (non-hydrogen) atoms. The molecule has 1 fully saturated rings. The molecule has 2 aliphatic rings. The zero-order valence-corrected chi connectivity index (χ0v) is 23.5. The largest absolute Gasteiger partial charge is 0.342 e. The number of aliphatic imine (C=N–C) groups is 1. The molecule has 2 aliphatic heterocycles. The van der Waals surface area contributed by atoms with Crippen LogP contribution in [0.3, 0.4) is 0 Å². The first-order valence-electron chi connectivity index (χ1n) is 13.9. The molecule has 0 radical (unpaired) electrons. The van der Waals surface area contributed by atoms with E-state index in [-0.39, 0.29) is 11.4 Å². The summed E-state index contributed by atoms with van der Waals surface area (Å²) in [6, 6.07) is 5.19. The molecule has 3 aromatic heterocycles. The molecule has 4 aromatic rings. The molecular formula is C29H35FN10. The van der Waals surface area contributed by atoms with Crippen LogP contribution in [0.2, 0.25) is 0 Å². The Morgan fingerprint density at radius 2 is 1.90 bits per heavy atom. The van der Waals surface area contributed by atoms with Crippen LogP contribution in [0.25, 0.3) is 16.6 Å². The number of aromatic nitrogens is 7. The summed E-state index contributed by atoms with van der Waals surface area (Å²) in [5.74, 6) is 1.11. The molecule has 10 nitrogen and oxygen atoms in total. The van der Waals surface area contributed by atoms with Crippen LogP contribution in [0.5, 0.6) is 0 Å². The second-order valence-electron chi connectivity index (χ2n) is 11.6. The lowest BCUT2D eigenvalue weighted by Crippen LogP contribution is -2.55. The van der Waals surface area contributed by atoms with E-state index in [9.17, 15) is 0 Å². The number of guanidine groups is 1. The summed E-state index contributed by atoms with van der Waals surface area (Å²) in [7, 11) is 0. The van der Waals surface area contributed by atoms with E-state index in [1.54, 1.807) is 0 Å². The van der Waals surface area contributed by atoms with Crippen LogP contribution in [-0.4, -0.2) is 75.7 Å². The van der Waals surface area contributed by atoms with Crippen LogP contribution in [0, 0.1) is 5.82 Å². The van der Waals surface area contributed by atoms with E-state index in [2.05, 4.69) is 59.2 Å². The summed E-state index contributed by atoms with van der Waals surface area (Å²) in [5, 5.41) is 11.9. The highest BCUT2D eigenvalue weighted by Gasteiger charge is 2.33. The Balaban J connectivity index is 1.12. The van der Waals surface area contributed by atoms with Crippen molar-refractivity contribution in [2.75, 3.05) is 19.6 Å². The highest BCUT2D eigenvalue weighted by molar-refractivity contribution is 5.83. The number of hydrogen-bond acceptors (Lipinski definition) is 8. The molecule has 6 rings (SSSR count). The third-order valence-electron chi connectivity index (χ3n) is 7.90. The van der Waals surface area contributed by atoms with Crippen LogP contribution < -0.4 is 0 Å². The Kier molecular flexibility index (Phi) is 6.81. The van der Waals surface area contributed by atoms with Crippen molar-refractivity contribution >= 4 is 16.9 Å². The van der Waals surface area contributed by atoms with Gasteiger partial charge < -0.3 is 14.4 Å². The van der Waals surface area contributed by atoms with Crippen LogP contribution in [0.1, 0.15) is 64.3 Å². The van der Waals surface area contributed by atoms with Crippen molar-refractivity contribution in [3.8, 4) is 5.69 Å². The molecule has 0 N–H and O–H groups in total. The van der Waals surface area contributed by atoms with Gasteiger partial charge in [0.2, 0.25) is 5.96 Å². The number of tetrazole rings is 1. The fourth-order valence-electron chi connectivity index (χ4n) is 5.56. The molecule has 0 bridgehead atoms. The summed E-state index contributed by atoms with van der Waals surface area (Å²) in [4.78, 5) is 19.2. The van der Waals surface area contributed by atoms with Crippen molar-refractivity contribution in [1.29, 1.82) is 0 Å². The Bertz CT molecular complexity index is 1540. The number of rotatable bonds is 5. The van der Waals surface area contributed by atoms with Gasteiger partial charge in [-0.3, -0.25) is 9.97 Å². The maximum atomic E-state index is 15.1. The normalized spacial score (nSPS) is 16.9. The van der Waals surface area contributed by atoms with Gasteiger partial charge in [0.05, 0.1) is 35.3 Å². The average molecular weight is 543 g/mol. The first kappa shape index (κ1) is 26.1. The van der Waals surface area contributed by atoms with Crippen molar-refractivity contribution in [2.45, 2.75) is 65.0 Å². The third-order valence-corrected chi connectivity index (χ3v) is 7.90. The zero-order chi connectivity index (χ0) is 27.9. The predicted molar refractivity (Wildman–Crippen MR) is 152 cm³/mol. The van der Waals surface area contributed by atoms with Gasteiger partial charge in [-0.05, 0) is 68.2 Å². The molecule has 0 amide bonds. The summed E-state index contributed by atoms with van der Waals surface area (Å²) in [6.45, 7) is 12.2. The minimum absolute atomic E-state index is 0.0106. The van der Waals surface area contributed by atoms with E-state index in [4.69, 9.17) is 15.0 Å². The lowest BCUT2D eigenvalue weighted by atomic mass is 9.93. The van der Waals surface area contributed by atoms with Gasteiger partial charge in [-0.1, -0.05) is 6.92 Å². The minimum atomic E-state index is -0.335. The number of benzene rings is 1. The second-order valence-corrected chi connectivity index (χ2v) is 11.6. The number of nitrogens with zero attached hydrogens (tertiary/aromatic N) is 10. The van der Waals surface area contributed by atoms with Gasteiger partial charge in [0.25, 0.3) is 0 Å². The minimum Gasteiger partial charge on any atom is -0.342 e. The molecule has 11 heteroatoms. The molecule has 0 unspecified atom stereocenters. The van der Waals surface area contributed by atoms with E-state index < -0.39 is 0 Å². The molecule has 0 atom stereocenters. The van der Waals surface area contributed by atoms with Gasteiger partial charge in [0.1, 0.15) is 12.1 Å². The molecular weight excluding hydrogens is 507 g/mol. The number of halogens is 1. The first-order chi connectivity index (χ1) is 19.3. The summed E-state index contributed by atoms with van der Waals surface area (Å²) in [5.41, 5.74) is 4.28. The van der Waals surface area contributed by atoms with Crippen LogP contribution in [0.4, 0.5) is 4.39 Å². The maximum Gasteiger partial charge on any atom is 0.201 e. The van der Waals surface area contributed by atoms with Crippen molar-refractivity contribution in [3.05, 3.63) is 72.1 Å².